The van der Waals surface area contributed by atoms with Gasteiger partial charge in [-0.1, -0.05) is 33.6 Å². The van der Waals surface area contributed by atoms with E-state index in [9.17, 15) is 4.79 Å². The van der Waals surface area contributed by atoms with Crippen LogP contribution in [0.2, 0.25) is 0 Å². The number of rotatable bonds is 4. The summed E-state index contributed by atoms with van der Waals surface area (Å²) in [5.74, 6) is 0.781. The Morgan fingerprint density at radius 3 is 2.62 bits per heavy atom. The predicted molar refractivity (Wildman–Crippen MR) is 69.0 cm³/mol. The zero-order chi connectivity index (χ0) is 11.5. The molecule has 3 heteroatoms. The number of amides is 1. The summed E-state index contributed by atoms with van der Waals surface area (Å²) in [6.07, 6.45) is 2.58. The highest BCUT2D eigenvalue weighted by molar-refractivity contribution is 9.09. The standard InChI is InChI=1S/C13H16BrNO/c1-9-2-4-11(5-3-9)13(16)15-8-12(14)10-6-7-10/h2-5,10,12H,6-8H2,1H3,(H,15,16). The molecular weight excluding hydrogens is 266 g/mol. The number of nitrogens with one attached hydrogen (secondary N) is 1. The fourth-order valence-corrected chi connectivity index (χ4v) is 2.31. The molecule has 1 aromatic carbocycles. The van der Waals surface area contributed by atoms with Crippen LogP contribution in [-0.2, 0) is 0 Å². The van der Waals surface area contributed by atoms with Gasteiger partial charge in [-0.2, -0.15) is 0 Å². The molecule has 0 heterocycles. The van der Waals surface area contributed by atoms with Crippen LogP contribution in [-0.4, -0.2) is 17.3 Å². The van der Waals surface area contributed by atoms with Crippen molar-refractivity contribution in [1.29, 1.82) is 0 Å². The van der Waals surface area contributed by atoms with Crippen LogP contribution in [0, 0.1) is 12.8 Å². The maximum atomic E-state index is 11.8. The van der Waals surface area contributed by atoms with Gasteiger partial charge in [0, 0.05) is 16.9 Å². The molecule has 2 nitrogen and oxygen atoms in total. The van der Waals surface area contributed by atoms with Gasteiger partial charge in [-0.15, -0.1) is 0 Å². The van der Waals surface area contributed by atoms with Crippen LogP contribution < -0.4 is 5.32 Å². The first-order valence-electron chi connectivity index (χ1n) is 5.66. The van der Waals surface area contributed by atoms with Gasteiger partial charge < -0.3 is 5.32 Å². The van der Waals surface area contributed by atoms with Gasteiger partial charge in [0.05, 0.1) is 0 Å². The van der Waals surface area contributed by atoms with Gasteiger partial charge in [0.1, 0.15) is 0 Å². The molecule has 0 radical (unpaired) electrons. The van der Waals surface area contributed by atoms with Crippen LogP contribution in [0.25, 0.3) is 0 Å². The summed E-state index contributed by atoms with van der Waals surface area (Å²) in [5, 5.41) is 2.95. The first-order chi connectivity index (χ1) is 7.66. The molecule has 1 saturated carbocycles. The van der Waals surface area contributed by atoms with Crippen LogP contribution in [0.5, 0.6) is 0 Å². The van der Waals surface area contributed by atoms with E-state index in [4.69, 9.17) is 0 Å². The molecule has 1 atom stereocenters. The maximum absolute atomic E-state index is 11.8. The lowest BCUT2D eigenvalue weighted by molar-refractivity contribution is 0.0953. The fourth-order valence-electron chi connectivity index (χ4n) is 1.62. The number of halogens is 1. The molecule has 1 N–H and O–H groups in total. The zero-order valence-corrected chi connectivity index (χ0v) is 11.0. The molecule has 1 fully saturated rings. The summed E-state index contributed by atoms with van der Waals surface area (Å²) in [4.78, 5) is 12.2. The minimum atomic E-state index is 0.0186. The van der Waals surface area contributed by atoms with Crippen molar-refractivity contribution < 1.29 is 4.79 Å². The van der Waals surface area contributed by atoms with Crippen molar-refractivity contribution in [2.24, 2.45) is 5.92 Å². The smallest absolute Gasteiger partial charge is 0.251 e. The molecule has 0 spiro atoms. The molecule has 1 aliphatic carbocycles. The summed E-state index contributed by atoms with van der Waals surface area (Å²) < 4.78 is 0. The van der Waals surface area contributed by atoms with Gasteiger partial charge in [0.2, 0.25) is 0 Å². The second-order valence-corrected chi connectivity index (χ2v) is 5.61. The summed E-state index contributed by atoms with van der Waals surface area (Å²) in [6.45, 7) is 2.74. The van der Waals surface area contributed by atoms with E-state index in [0.717, 1.165) is 18.0 Å². The van der Waals surface area contributed by atoms with Crippen LogP contribution in [0.4, 0.5) is 0 Å². The van der Waals surface area contributed by atoms with Gasteiger partial charge >= 0.3 is 0 Å². The van der Waals surface area contributed by atoms with E-state index in [1.165, 1.54) is 18.4 Å². The topological polar surface area (TPSA) is 29.1 Å². The number of aryl methyl sites for hydroxylation is 1. The lowest BCUT2D eigenvalue weighted by Gasteiger charge is -2.10. The molecular formula is C13H16BrNO. The number of benzene rings is 1. The summed E-state index contributed by atoms with van der Waals surface area (Å²) in [5.41, 5.74) is 1.91. The lowest BCUT2D eigenvalue weighted by Crippen LogP contribution is -2.30. The highest BCUT2D eigenvalue weighted by Gasteiger charge is 2.29. The molecule has 1 aliphatic rings. The largest absolute Gasteiger partial charge is 0.351 e. The minimum Gasteiger partial charge on any atom is -0.351 e. The molecule has 1 unspecified atom stereocenters. The van der Waals surface area contributed by atoms with Gasteiger partial charge in [0.25, 0.3) is 5.91 Å². The molecule has 16 heavy (non-hydrogen) atoms. The number of carbonyl (C=O) groups is 1. The van der Waals surface area contributed by atoms with E-state index in [1.807, 2.05) is 31.2 Å². The van der Waals surface area contributed by atoms with Crippen molar-refractivity contribution >= 4 is 21.8 Å². The second kappa shape index (κ2) is 5.00. The van der Waals surface area contributed by atoms with Crippen LogP contribution in [0.3, 0.4) is 0 Å². The molecule has 1 aromatic rings. The number of carbonyl (C=O) groups excluding carboxylic acids is 1. The van der Waals surface area contributed by atoms with E-state index in [0.29, 0.717) is 4.83 Å². The molecule has 0 aromatic heterocycles. The Hall–Kier alpha value is -0.830. The van der Waals surface area contributed by atoms with Gasteiger partial charge in [-0.05, 0) is 37.8 Å². The molecule has 0 bridgehead atoms. The third-order valence-electron chi connectivity index (χ3n) is 2.90. The Morgan fingerprint density at radius 1 is 1.44 bits per heavy atom. The normalized spacial score (nSPS) is 16.9. The third-order valence-corrected chi connectivity index (χ3v) is 3.98. The van der Waals surface area contributed by atoms with E-state index >= 15 is 0 Å². The Bertz CT molecular complexity index is 370. The van der Waals surface area contributed by atoms with Gasteiger partial charge in [-0.25, -0.2) is 0 Å². The predicted octanol–water partition coefficient (Wildman–Crippen LogP) is 2.90. The summed E-state index contributed by atoms with van der Waals surface area (Å²) in [7, 11) is 0. The number of alkyl halides is 1. The van der Waals surface area contributed by atoms with Crippen LogP contribution >= 0.6 is 15.9 Å². The number of hydrogen-bond acceptors (Lipinski definition) is 1. The molecule has 1 amide bonds. The molecule has 0 aliphatic heterocycles. The minimum absolute atomic E-state index is 0.0186. The molecule has 2 rings (SSSR count). The van der Waals surface area contributed by atoms with E-state index < -0.39 is 0 Å². The van der Waals surface area contributed by atoms with Crippen molar-refractivity contribution in [1.82, 2.24) is 5.32 Å². The van der Waals surface area contributed by atoms with Crippen molar-refractivity contribution in [2.75, 3.05) is 6.54 Å². The fraction of sp³-hybridized carbons (Fsp3) is 0.462. The Labute approximate surface area is 105 Å². The highest BCUT2D eigenvalue weighted by atomic mass is 79.9. The van der Waals surface area contributed by atoms with E-state index in [2.05, 4.69) is 21.2 Å². The van der Waals surface area contributed by atoms with Crippen molar-refractivity contribution in [2.45, 2.75) is 24.6 Å². The molecule has 86 valence electrons. The van der Waals surface area contributed by atoms with Crippen molar-refractivity contribution in [3.8, 4) is 0 Å². The quantitative estimate of drug-likeness (QED) is 0.845. The monoisotopic (exact) mass is 281 g/mol. The Kier molecular flexibility index (Phi) is 3.64. The lowest BCUT2D eigenvalue weighted by atomic mass is 10.1. The zero-order valence-electron chi connectivity index (χ0n) is 9.37. The highest BCUT2D eigenvalue weighted by Crippen LogP contribution is 2.36. The Morgan fingerprint density at radius 2 is 2.06 bits per heavy atom. The first kappa shape index (κ1) is 11.6. The van der Waals surface area contributed by atoms with E-state index in [-0.39, 0.29) is 5.91 Å². The third kappa shape index (κ3) is 3.08. The second-order valence-electron chi connectivity index (χ2n) is 4.43. The number of hydrogen-bond donors (Lipinski definition) is 1. The van der Waals surface area contributed by atoms with Gasteiger partial charge in [0.15, 0.2) is 0 Å². The van der Waals surface area contributed by atoms with Gasteiger partial charge in [-0.3, -0.25) is 4.79 Å². The van der Waals surface area contributed by atoms with Crippen LogP contribution in [0.1, 0.15) is 28.8 Å². The maximum Gasteiger partial charge on any atom is 0.251 e. The van der Waals surface area contributed by atoms with Crippen molar-refractivity contribution in [3.05, 3.63) is 35.4 Å². The molecule has 0 saturated heterocycles. The summed E-state index contributed by atoms with van der Waals surface area (Å²) in [6, 6.07) is 7.65. The van der Waals surface area contributed by atoms with E-state index in [1.54, 1.807) is 0 Å². The summed E-state index contributed by atoms with van der Waals surface area (Å²) >= 11 is 3.60. The average molecular weight is 282 g/mol. The van der Waals surface area contributed by atoms with Crippen LogP contribution in [0.15, 0.2) is 24.3 Å². The Balaban J connectivity index is 1.85. The SMILES string of the molecule is Cc1ccc(C(=O)NCC(Br)C2CC2)cc1. The average Bonchev–Trinajstić information content (AvgIpc) is 3.10. The first-order valence-corrected chi connectivity index (χ1v) is 6.57. The van der Waals surface area contributed by atoms with Crippen molar-refractivity contribution in [3.63, 3.8) is 0 Å².